The van der Waals surface area contributed by atoms with Crippen LogP contribution in [0.25, 0.3) is 0 Å². The molecule has 0 radical (unpaired) electrons. The molecule has 3 atom stereocenters. The second-order valence-electron chi connectivity index (χ2n) is 4.83. The molecule has 1 fully saturated rings. The van der Waals surface area contributed by atoms with Crippen LogP contribution in [0.15, 0.2) is 5.38 Å². The molecule has 5 nitrogen and oxygen atoms in total. The molecule has 0 aliphatic carbocycles. The van der Waals surface area contributed by atoms with Gasteiger partial charge in [-0.3, -0.25) is 4.79 Å². The van der Waals surface area contributed by atoms with Crippen molar-refractivity contribution in [1.29, 1.82) is 0 Å². The summed E-state index contributed by atoms with van der Waals surface area (Å²) in [5.74, 6) is -0.0276. The van der Waals surface area contributed by atoms with Gasteiger partial charge < -0.3 is 15.4 Å². The Bertz CT molecular complexity index is 423. The van der Waals surface area contributed by atoms with Gasteiger partial charge in [0, 0.05) is 18.5 Å². The van der Waals surface area contributed by atoms with E-state index in [9.17, 15) is 4.79 Å². The van der Waals surface area contributed by atoms with Gasteiger partial charge in [-0.05, 0) is 20.8 Å². The third-order valence-electron chi connectivity index (χ3n) is 2.84. The van der Waals surface area contributed by atoms with E-state index in [2.05, 4.69) is 4.98 Å². The van der Waals surface area contributed by atoms with Crippen LogP contribution in [-0.2, 0) is 4.74 Å². The van der Waals surface area contributed by atoms with Crippen LogP contribution in [0, 0.1) is 0 Å². The van der Waals surface area contributed by atoms with Gasteiger partial charge in [0.25, 0.3) is 5.91 Å². The molecule has 1 amide bonds. The molecule has 0 saturated carbocycles. The summed E-state index contributed by atoms with van der Waals surface area (Å²) in [6, 6.07) is -0.126. The molecule has 1 unspecified atom stereocenters. The number of amides is 1. The summed E-state index contributed by atoms with van der Waals surface area (Å²) in [7, 11) is 0. The Morgan fingerprint density at radius 2 is 2.17 bits per heavy atom. The van der Waals surface area contributed by atoms with E-state index in [4.69, 9.17) is 10.5 Å². The van der Waals surface area contributed by atoms with Gasteiger partial charge in [-0.1, -0.05) is 0 Å². The van der Waals surface area contributed by atoms with Crippen molar-refractivity contribution in [2.45, 2.75) is 39.0 Å². The van der Waals surface area contributed by atoms with E-state index in [0.717, 1.165) is 5.01 Å². The molecule has 1 saturated heterocycles. The Kier molecular flexibility index (Phi) is 3.99. The van der Waals surface area contributed by atoms with Gasteiger partial charge >= 0.3 is 0 Å². The van der Waals surface area contributed by atoms with Crippen LogP contribution in [0.4, 0.5) is 0 Å². The van der Waals surface area contributed by atoms with Crippen molar-refractivity contribution in [3.63, 3.8) is 0 Å². The number of nitrogens with zero attached hydrogens (tertiary/aromatic N) is 2. The number of thiazole rings is 1. The fraction of sp³-hybridized carbons (Fsp3) is 0.667. The first-order chi connectivity index (χ1) is 8.47. The molecule has 1 aliphatic heterocycles. The first-order valence-electron chi connectivity index (χ1n) is 6.13. The van der Waals surface area contributed by atoms with Crippen LogP contribution in [-0.4, -0.2) is 41.1 Å². The molecule has 1 aromatic rings. The molecule has 2 rings (SSSR count). The summed E-state index contributed by atoms with van der Waals surface area (Å²) in [5.41, 5.74) is 6.25. The lowest BCUT2D eigenvalue weighted by atomic mass is 10.2. The fourth-order valence-electron chi connectivity index (χ4n) is 2.10. The minimum Gasteiger partial charge on any atom is -0.372 e. The quantitative estimate of drug-likeness (QED) is 0.881. The average molecular weight is 269 g/mol. The van der Waals surface area contributed by atoms with Crippen LogP contribution < -0.4 is 5.73 Å². The number of carbonyl (C=O) groups is 1. The maximum Gasteiger partial charge on any atom is 0.273 e. The second kappa shape index (κ2) is 5.34. The number of nitrogens with two attached hydrogens (primary N) is 1. The number of aromatic nitrogens is 1. The van der Waals surface area contributed by atoms with Gasteiger partial charge in [0.05, 0.1) is 18.2 Å². The molecular formula is C12H19N3O2S. The molecule has 0 bridgehead atoms. The molecule has 2 N–H and O–H groups in total. The third kappa shape index (κ3) is 2.88. The number of hydrogen-bond acceptors (Lipinski definition) is 5. The number of morpholine rings is 1. The normalized spacial score (nSPS) is 26.1. The van der Waals surface area contributed by atoms with Crippen molar-refractivity contribution in [3.05, 3.63) is 16.1 Å². The zero-order chi connectivity index (χ0) is 13.3. The smallest absolute Gasteiger partial charge is 0.273 e. The summed E-state index contributed by atoms with van der Waals surface area (Å²) < 4.78 is 5.61. The monoisotopic (exact) mass is 269 g/mol. The van der Waals surface area contributed by atoms with Crippen molar-refractivity contribution in [2.75, 3.05) is 13.1 Å². The van der Waals surface area contributed by atoms with Crippen molar-refractivity contribution in [1.82, 2.24) is 9.88 Å². The number of hydrogen-bond donors (Lipinski definition) is 1. The van der Waals surface area contributed by atoms with Crippen molar-refractivity contribution in [3.8, 4) is 0 Å². The van der Waals surface area contributed by atoms with Crippen LogP contribution in [0.5, 0.6) is 0 Å². The van der Waals surface area contributed by atoms with Gasteiger partial charge in [0.1, 0.15) is 10.7 Å². The maximum absolute atomic E-state index is 12.3. The Balaban J connectivity index is 2.10. The van der Waals surface area contributed by atoms with Gasteiger partial charge in [-0.15, -0.1) is 11.3 Å². The molecule has 6 heteroatoms. The summed E-state index contributed by atoms with van der Waals surface area (Å²) in [6.07, 6.45) is 0.147. The first-order valence-corrected chi connectivity index (χ1v) is 7.01. The van der Waals surface area contributed by atoms with E-state index < -0.39 is 0 Å². The molecule has 0 spiro atoms. The van der Waals surface area contributed by atoms with Crippen LogP contribution in [0.1, 0.15) is 42.3 Å². The first kappa shape index (κ1) is 13.5. The lowest BCUT2D eigenvalue weighted by Crippen LogP contribution is -2.48. The van der Waals surface area contributed by atoms with Crippen LogP contribution in [0.2, 0.25) is 0 Å². The minimum atomic E-state index is -0.126. The highest BCUT2D eigenvalue weighted by Gasteiger charge is 2.27. The lowest BCUT2D eigenvalue weighted by Gasteiger charge is -2.34. The molecule has 1 aliphatic rings. The fourth-order valence-corrected chi connectivity index (χ4v) is 2.85. The third-order valence-corrected chi connectivity index (χ3v) is 3.88. The Labute approximate surface area is 111 Å². The molecule has 18 heavy (non-hydrogen) atoms. The van der Waals surface area contributed by atoms with Gasteiger partial charge in [0.2, 0.25) is 0 Å². The molecule has 2 heterocycles. The summed E-state index contributed by atoms with van der Waals surface area (Å²) in [4.78, 5) is 18.4. The van der Waals surface area contributed by atoms with E-state index in [-0.39, 0.29) is 24.2 Å². The highest BCUT2D eigenvalue weighted by molar-refractivity contribution is 7.09. The largest absolute Gasteiger partial charge is 0.372 e. The number of ether oxygens (including phenoxy) is 1. The van der Waals surface area contributed by atoms with Crippen LogP contribution in [0.3, 0.4) is 0 Å². The Hall–Kier alpha value is -0.980. The lowest BCUT2D eigenvalue weighted by molar-refractivity contribution is -0.0587. The second-order valence-corrected chi connectivity index (χ2v) is 5.72. The molecular weight excluding hydrogens is 250 g/mol. The topological polar surface area (TPSA) is 68.5 Å². The van der Waals surface area contributed by atoms with E-state index in [1.54, 1.807) is 10.3 Å². The zero-order valence-corrected chi connectivity index (χ0v) is 11.7. The van der Waals surface area contributed by atoms with E-state index >= 15 is 0 Å². The number of carbonyl (C=O) groups excluding carboxylic acids is 1. The van der Waals surface area contributed by atoms with Gasteiger partial charge in [0.15, 0.2) is 0 Å². The average Bonchev–Trinajstić information content (AvgIpc) is 2.75. The van der Waals surface area contributed by atoms with Crippen molar-refractivity contribution in [2.24, 2.45) is 5.73 Å². The zero-order valence-electron chi connectivity index (χ0n) is 10.9. The molecule has 1 aromatic heterocycles. The van der Waals surface area contributed by atoms with E-state index in [1.165, 1.54) is 11.3 Å². The highest BCUT2D eigenvalue weighted by Crippen LogP contribution is 2.19. The van der Waals surface area contributed by atoms with Crippen molar-refractivity contribution < 1.29 is 9.53 Å². The molecule has 0 aromatic carbocycles. The van der Waals surface area contributed by atoms with E-state index in [0.29, 0.717) is 18.8 Å². The highest BCUT2D eigenvalue weighted by atomic mass is 32.1. The summed E-state index contributed by atoms with van der Waals surface area (Å²) in [6.45, 7) is 7.06. The number of rotatable bonds is 2. The summed E-state index contributed by atoms with van der Waals surface area (Å²) >= 11 is 1.44. The van der Waals surface area contributed by atoms with E-state index in [1.807, 2.05) is 20.8 Å². The SMILES string of the molecule is CC(N)c1nc(C(=O)N2C[C@@H](C)O[C@@H](C)C2)cs1. The minimum absolute atomic E-state index is 0.0276. The molecule has 100 valence electrons. The standard InChI is InChI=1S/C12H19N3O2S/c1-7-4-15(5-8(2)17-7)12(16)10-6-18-11(14-10)9(3)13/h6-9H,4-5,13H2,1-3H3/t7-,8+,9?. The predicted molar refractivity (Wildman–Crippen MR) is 70.6 cm³/mol. The van der Waals surface area contributed by atoms with Crippen LogP contribution >= 0.6 is 11.3 Å². The van der Waals surface area contributed by atoms with Crippen molar-refractivity contribution >= 4 is 17.2 Å². The Morgan fingerprint density at radius 3 is 2.67 bits per heavy atom. The summed E-state index contributed by atoms with van der Waals surface area (Å²) in [5, 5.41) is 2.58. The van der Waals surface area contributed by atoms with Gasteiger partial charge in [-0.25, -0.2) is 4.98 Å². The van der Waals surface area contributed by atoms with Gasteiger partial charge in [-0.2, -0.15) is 0 Å². The predicted octanol–water partition coefficient (Wildman–Crippen LogP) is 1.41. The maximum atomic E-state index is 12.3. The Morgan fingerprint density at radius 1 is 1.56 bits per heavy atom.